The molecule has 0 saturated heterocycles. The fourth-order valence-corrected chi connectivity index (χ4v) is 3.74. The molecule has 26 heavy (non-hydrogen) atoms. The number of carbonyl (C=O) groups excluding carboxylic acids is 1. The maximum absolute atomic E-state index is 12.6. The minimum atomic E-state index is -3.48. The van der Waals surface area contributed by atoms with E-state index in [0.717, 1.165) is 16.8 Å². The van der Waals surface area contributed by atoms with Gasteiger partial charge in [0.15, 0.2) is 0 Å². The van der Waals surface area contributed by atoms with Crippen LogP contribution in [0.15, 0.2) is 18.2 Å². The zero-order valence-corrected chi connectivity index (χ0v) is 18.2. The molecule has 0 aliphatic carbocycles. The molecule has 0 spiro atoms. The van der Waals surface area contributed by atoms with E-state index in [1.807, 2.05) is 39.0 Å². The number of nitrogens with one attached hydrogen (secondary N) is 1. The molecule has 0 fully saturated rings. The molecular weight excluding hydrogens is 348 g/mol. The molecule has 0 heterocycles. The number of hydrogen-bond donors (Lipinski definition) is 1. The van der Waals surface area contributed by atoms with Gasteiger partial charge >= 0.3 is 0 Å². The summed E-state index contributed by atoms with van der Waals surface area (Å²) in [5.41, 5.74) is 2.26. The highest BCUT2D eigenvalue weighted by Crippen LogP contribution is 2.36. The van der Waals surface area contributed by atoms with Crippen LogP contribution in [0.2, 0.25) is 0 Å². The lowest BCUT2D eigenvalue weighted by Crippen LogP contribution is -2.42. The van der Waals surface area contributed by atoms with Gasteiger partial charge in [-0.25, -0.2) is 8.42 Å². The van der Waals surface area contributed by atoms with Gasteiger partial charge in [0.2, 0.25) is 15.9 Å². The quantitative estimate of drug-likeness (QED) is 0.779. The van der Waals surface area contributed by atoms with E-state index in [1.165, 1.54) is 10.6 Å². The molecule has 0 unspecified atom stereocenters. The van der Waals surface area contributed by atoms with E-state index < -0.39 is 15.4 Å². The molecule has 0 aromatic heterocycles. The highest BCUT2D eigenvalue weighted by Gasteiger charge is 2.26. The van der Waals surface area contributed by atoms with Crippen molar-refractivity contribution in [3.63, 3.8) is 0 Å². The summed E-state index contributed by atoms with van der Waals surface area (Å²) in [5, 5.41) is 2.85. The van der Waals surface area contributed by atoms with Crippen LogP contribution in [0.3, 0.4) is 0 Å². The SMILES string of the molecule is CC(C)c1cccc(C(C)C)c1N(CCNC(=O)C(C)(C)C)S(C)(=O)=O. The molecule has 1 aromatic rings. The van der Waals surface area contributed by atoms with Gasteiger partial charge in [-0.05, 0) is 23.0 Å². The van der Waals surface area contributed by atoms with E-state index in [9.17, 15) is 13.2 Å². The molecule has 1 rings (SSSR count). The van der Waals surface area contributed by atoms with Crippen molar-refractivity contribution in [2.45, 2.75) is 60.3 Å². The molecule has 0 atom stereocenters. The number of para-hydroxylation sites is 1. The fraction of sp³-hybridized carbons (Fsp3) is 0.650. The number of sulfonamides is 1. The highest BCUT2D eigenvalue weighted by atomic mass is 32.2. The molecule has 0 aliphatic heterocycles. The second-order valence-corrected chi connectivity index (χ2v) is 10.3. The molecule has 1 amide bonds. The topological polar surface area (TPSA) is 66.5 Å². The van der Waals surface area contributed by atoms with E-state index in [1.54, 1.807) is 0 Å². The zero-order chi connectivity index (χ0) is 20.3. The third kappa shape index (κ3) is 5.73. The number of rotatable bonds is 7. The number of anilines is 1. The van der Waals surface area contributed by atoms with E-state index in [0.29, 0.717) is 0 Å². The van der Waals surface area contributed by atoms with Crippen molar-refractivity contribution >= 4 is 21.6 Å². The smallest absolute Gasteiger partial charge is 0.232 e. The summed E-state index contributed by atoms with van der Waals surface area (Å²) >= 11 is 0. The Morgan fingerprint density at radius 3 is 1.88 bits per heavy atom. The number of benzene rings is 1. The third-order valence-corrected chi connectivity index (χ3v) is 5.44. The Morgan fingerprint density at radius 2 is 1.54 bits per heavy atom. The second-order valence-electron chi connectivity index (χ2n) is 8.44. The molecule has 6 heteroatoms. The van der Waals surface area contributed by atoms with Crippen LogP contribution in [-0.2, 0) is 14.8 Å². The van der Waals surface area contributed by atoms with Crippen LogP contribution < -0.4 is 9.62 Å². The molecule has 1 N–H and O–H groups in total. The molecule has 1 aromatic carbocycles. The van der Waals surface area contributed by atoms with Crippen molar-refractivity contribution in [2.24, 2.45) is 5.41 Å². The largest absolute Gasteiger partial charge is 0.354 e. The van der Waals surface area contributed by atoms with Crippen molar-refractivity contribution in [1.29, 1.82) is 0 Å². The van der Waals surface area contributed by atoms with Gasteiger partial charge in [-0.3, -0.25) is 9.10 Å². The molecule has 0 aliphatic rings. The lowest BCUT2D eigenvalue weighted by molar-refractivity contribution is -0.128. The van der Waals surface area contributed by atoms with E-state index in [2.05, 4.69) is 33.0 Å². The molecule has 0 bridgehead atoms. The van der Waals surface area contributed by atoms with Crippen molar-refractivity contribution < 1.29 is 13.2 Å². The summed E-state index contributed by atoms with van der Waals surface area (Å²) < 4.78 is 26.6. The van der Waals surface area contributed by atoms with Crippen molar-refractivity contribution in [3.05, 3.63) is 29.3 Å². The standard InChI is InChI=1S/C20H34N2O3S/c1-14(2)16-10-9-11-17(15(3)4)18(16)22(26(8,24)25)13-12-21-19(23)20(5,6)7/h9-11,14-15H,12-13H2,1-8H3,(H,21,23). The number of nitrogens with zero attached hydrogens (tertiary/aromatic N) is 1. The molecule has 0 radical (unpaired) electrons. The Hall–Kier alpha value is -1.56. The van der Waals surface area contributed by atoms with E-state index in [-0.39, 0.29) is 30.8 Å². The number of carbonyl (C=O) groups is 1. The van der Waals surface area contributed by atoms with Gasteiger partial charge in [0, 0.05) is 12.0 Å². The molecule has 5 nitrogen and oxygen atoms in total. The first-order valence-electron chi connectivity index (χ1n) is 9.15. The Labute approximate surface area is 159 Å². The van der Waals surface area contributed by atoms with Gasteiger partial charge in [-0.15, -0.1) is 0 Å². The Kier molecular flexibility index (Phi) is 7.28. The fourth-order valence-electron chi connectivity index (χ4n) is 2.78. The van der Waals surface area contributed by atoms with Crippen LogP contribution in [0.4, 0.5) is 5.69 Å². The summed E-state index contributed by atoms with van der Waals surface area (Å²) in [6.07, 6.45) is 1.22. The third-order valence-electron chi connectivity index (χ3n) is 4.27. The summed E-state index contributed by atoms with van der Waals surface area (Å²) in [5.74, 6) is 0.293. The van der Waals surface area contributed by atoms with E-state index in [4.69, 9.17) is 0 Å². The summed E-state index contributed by atoms with van der Waals surface area (Å²) in [6.45, 7) is 14.2. The summed E-state index contributed by atoms with van der Waals surface area (Å²) in [4.78, 5) is 12.1. The Morgan fingerprint density at radius 1 is 1.08 bits per heavy atom. The first kappa shape index (κ1) is 22.5. The Bertz CT molecular complexity index is 706. The second kappa shape index (κ2) is 8.42. The van der Waals surface area contributed by atoms with Gasteiger partial charge in [0.05, 0.1) is 18.5 Å². The van der Waals surface area contributed by atoms with Crippen LogP contribution in [0.1, 0.15) is 71.4 Å². The first-order valence-corrected chi connectivity index (χ1v) is 11.0. The maximum Gasteiger partial charge on any atom is 0.232 e. The van der Waals surface area contributed by atoms with Gasteiger partial charge in [-0.2, -0.15) is 0 Å². The molecule has 0 saturated carbocycles. The highest BCUT2D eigenvalue weighted by molar-refractivity contribution is 7.92. The minimum Gasteiger partial charge on any atom is -0.354 e. The van der Waals surface area contributed by atoms with Crippen molar-refractivity contribution in [3.8, 4) is 0 Å². The first-order chi connectivity index (χ1) is 11.8. The number of hydrogen-bond acceptors (Lipinski definition) is 3. The minimum absolute atomic E-state index is 0.0906. The van der Waals surface area contributed by atoms with Crippen molar-refractivity contribution in [1.82, 2.24) is 5.32 Å². The van der Waals surface area contributed by atoms with Crippen LogP contribution in [0.25, 0.3) is 0 Å². The van der Waals surface area contributed by atoms with Crippen LogP contribution in [0.5, 0.6) is 0 Å². The van der Waals surface area contributed by atoms with Gasteiger partial charge in [0.25, 0.3) is 0 Å². The van der Waals surface area contributed by atoms with Crippen LogP contribution >= 0.6 is 0 Å². The lowest BCUT2D eigenvalue weighted by Gasteiger charge is -2.30. The monoisotopic (exact) mass is 382 g/mol. The predicted molar refractivity (Wildman–Crippen MR) is 109 cm³/mol. The maximum atomic E-state index is 12.6. The van der Waals surface area contributed by atoms with Crippen LogP contribution in [0, 0.1) is 5.41 Å². The summed E-state index contributed by atoms with van der Waals surface area (Å²) in [6, 6.07) is 5.95. The number of amides is 1. The van der Waals surface area contributed by atoms with Gasteiger partial charge < -0.3 is 5.32 Å². The molecule has 148 valence electrons. The van der Waals surface area contributed by atoms with Crippen LogP contribution in [-0.4, -0.2) is 33.7 Å². The Balaban J connectivity index is 3.29. The van der Waals surface area contributed by atoms with Crippen molar-refractivity contribution in [2.75, 3.05) is 23.7 Å². The summed E-state index contributed by atoms with van der Waals surface area (Å²) in [7, 11) is -3.48. The predicted octanol–water partition coefficient (Wildman–Crippen LogP) is 3.86. The van der Waals surface area contributed by atoms with Gasteiger partial charge in [0.1, 0.15) is 0 Å². The zero-order valence-electron chi connectivity index (χ0n) is 17.4. The lowest BCUT2D eigenvalue weighted by atomic mass is 9.92. The molecular formula is C20H34N2O3S. The average molecular weight is 383 g/mol. The normalized spacial score (nSPS) is 12.5. The van der Waals surface area contributed by atoms with E-state index >= 15 is 0 Å². The van der Waals surface area contributed by atoms with Gasteiger partial charge in [-0.1, -0.05) is 66.7 Å². The average Bonchev–Trinajstić information content (AvgIpc) is 2.48.